The number of fused-ring (bicyclic) bond motifs is 1. The Morgan fingerprint density at radius 2 is 1.85 bits per heavy atom. The second kappa shape index (κ2) is 8.40. The zero-order valence-corrected chi connectivity index (χ0v) is 16.0. The molecule has 3 aromatic rings. The highest BCUT2D eigenvalue weighted by molar-refractivity contribution is 5.86. The zero-order chi connectivity index (χ0) is 19.3. The molecule has 142 valence electrons. The average Bonchev–Trinajstić information content (AvgIpc) is 3.10. The first-order chi connectivity index (χ1) is 13.1. The molecular weight excluding hydrogens is 336 g/mol. The Kier molecular flexibility index (Phi) is 5.97. The van der Waals surface area contributed by atoms with Crippen molar-refractivity contribution in [3.63, 3.8) is 0 Å². The molecule has 4 heteroatoms. The number of carbonyl (C=O) groups is 1. The first kappa shape index (κ1) is 19.2. The van der Waals surface area contributed by atoms with Crippen LogP contribution in [0.4, 0.5) is 0 Å². The van der Waals surface area contributed by atoms with Gasteiger partial charge in [0, 0.05) is 17.1 Å². The van der Waals surface area contributed by atoms with Crippen molar-refractivity contribution in [2.45, 2.75) is 39.2 Å². The summed E-state index contributed by atoms with van der Waals surface area (Å²) in [4.78, 5) is 16.4. The van der Waals surface area contributed by atoms with Crippen LogP contribution < -0.4 is 5.32 Å². The van der Waals surface area contributed by atoms with Crippen molar-refractivity contribution in [2.24, 2.45) is 5.41 Å². The monoisotopic (exact) mass is 364 g/mol. The van der Waals surface area contributed by atoms with Gasteiger partial charge in [0.1, 0.15) is 0 Å². The molecule has 3 N–H and O–H groups in total. The fraction of sp³-hybridized carbons (Fsp3) is 0.348. The maximum Gasteiger partial charge on any atom is 0.226 e. The Morgan fingerprint density at radius 3 is 2.56 bits per heavy atom. The number of aromatic nitrogens is 1. The number of aliphatic hydroxyl groups is 1. The molecule has 2 unspecified atom stereocenters. The topological polar surface area (TPSA) is 65.1 Å². The third-order valence-electron chi connectivity index (χ3n) is 5.46. The smallest absolute Gasteiger partial charge is 0.226 e. The minimum Gasteiger partial charge on any atom is -0.394 e. The van der Waals surface area contributed by atoms with Crippen LogP contribution in [0.25, 0.3) is 10.9 Å². The van der Waals surface area contributed by atoms with Crippen LogP contribution in [-0.4, -0.2) is 28.6 Å². The Morgan fingerprint density at radius 1 is 1.15 bits per heavy atom. The molecule has 0 radical (unpaired) electrons. The third kappa shape index (κ3) is 4.40. The van der Waals surface area contributed by atoms with Crippen molar-refractivity contribution < 1.29 is 9.90 Å². The largest absolute Gasteiger partial charge is 0.394 e. The normalized spacial score (nSPS) is 14.6. The maximum atomic E-state index is 13.1. The molecule has 2 aromatic carbocycles. The van der Waals surface area contributed by atoms with Crippen molar-refractivity contribution in [3.05, 3.63) is 71.9 Å². The molecule has 1 amide bonds. The fourth-order valence-electron chi connectivity index (χ4n) is 3.48. The van der Waals surface area contributed by atoms with Crippen molar-refractivity contribution in [1.82, 2.24) is 10.3 Å². The predicted octanol–water partition coefficient (Wildman–Crippen LogP) is 3.85. The number of nitrogens with one attached hydrogen (secondary N) is 2. The summed E-state index contributed by atoms with van der Waals surface area (Å²) in [7, 11) is 0. The van der Waals surface area contributed by atoms with Crippen LogP contribution in [0.2, 0.25) is 0 Å². The summed E-state index contributed by atoms with van der Waals surface area (Å²) >= 11 is 0. The van der Waals surface area contributed by atoms with Crippen molar-refractivity contribution in [2.75, 3.05) is 6.61 Å². The number of amides is 1. The maximum absolute atomic E-state index is 13.1. The molecule has 0 fully saturated rings. The van der Waals surface area contributed by atoms with E-state index in [1.807, 2.05) is 68.6 Å². The first-order valence-electron chi connectivity index (χ1n) is 9.56. The van der Waals surface area contributed by atoms with Gasteiger partial charge in [0.15, 0.2) is 0 Å². The number of H-pyrrole nitrogens is 1. The minimum atomic E-state index is -0.533. The summed E-state index contributed by atoms with van der Waals surface area (Å²) in [6.45, 7) is 3.97. The number of aromatic amines is 1. The highest BCUT2D eigenvalue weighted by Crippen LogP contribution is 2.30. The van der Waals surface area contributed by atoms with E-state index in [1.165, 1.54) is 0 Å². The number of rotatable bonds is 8. The molecule has 0 bridgehead atoms. The van der Waals surface area contributed by atoms with Gasteiger partial charge in [-0.3, -0.25) is 4.79 Å². The molecule has 4 nitrogen and oxygen atoms in total. The van der Waals surface area contributed by atoms with Crippen LogP contribution in [-0.2, 0) is 17.6 Å². The van der Waals surface area contributed by atoms with E-state index in [-0.39, 0.29) is 18.6 Å². The van der Waals surface area contributed by atoms with Crippen LogP contribution >= 0.6 is 0 Å². The number of hydrogen-bond acceptors (Lipinski definition) is 2. The van der Waals surface area contributed by atoms with Crippen LogP contribution in [0, 0.1) is 5.41 Å². The number of hydrogen-bond donors (Lipinski definition) is 3. The molecular formula is C23H28N2O2. The quantitative estimate of drug-likeness (QED) is 0.568. The van der Waals surface area contributed by atoms with Gasteiger partial charge in [0.05, 0.1) is 18.1 Å². The highest BCUT2D eigenvalue weighted by atomic mass is 16.3. The highest BCUT2D eigenvalue weighted by Gasteiger charge is 2.33. The van der Waals surface area contributed by atoms with E-state index in [9.17, 15) is 9.90 Å². The van der Waals surface area contributed by atoms with E-state index in [0.29, 0.717) is 12.8 Å². The zero-order valence-electron chi connectivity index (χ0n) is 16.0. The van der Waals surface area contributed by atoms with E-state index in [1.54, 1.807) is 0 Å². The van der Waals surface area contributed by atoms with Gasteiger partial charge >= 0.3 is 0 Å². The summed E-state index contributed by atoms with van der Waals surface area (Å²) in [5, 5.41) is 14.0. The molecule has 0 aliphatic carbocycles. The minimum absolute atomic E-state index is 0.00902. The van der Waals surface area contributed by atoms with Gasteiger partial charge in [-0.05, 0) is 36.5 Å². The summed E-state index contributed by atoms with van der Waals surface area (Å²) in [5.74, 6) is -0.00902. The van der Waals surface area contributed by atoms with Crippen molar-refractivity contribution in [1.29, 1.82) is 0 Å². The second-order valence-electron chi connectivity index (χ2n) is 7.49. The molecule has 0 aliphatic rings. The number of benzene rings is 2. The lowest BCUT2D eigenvalue weighted by Gasteiger charge is -2.29. The fourth-order valence-corrected chi connectivity index (χ4v) is 3.48. The molecule has 27 heavy (non-hydrogen) atoms. The Labute approximate surface area is 160 Å². The summed E-state index contributed by atoms with van der Waals surface area (Å²) in [6.07, 6.45) is 4.00. The Bertz CT molecular complexity index is 888. The van der Waals surface area contributed by atoms with Crippen LogP contribution in [0.1, 0.15) is 31.4 Å². The lowest BCUT2D eigenvalue weighted by molar-refractivity contribution is -0.131. The summed E-state index contributed by atoms with van der Waals surface area (Å²) in [5.41, 5.74) is 2.80. The molecule has 0 spiro atoms. The van der Waals surface area contributed by atoms with E-state index in [0.717, 1.165) is 28.5 Å². The second-order valence-corrected chi connectivity index (χ2v) is 7.49. The Balaban J connectivity index is 1.73. The number of carbonyl (C=O) groups excluding carboxylic acids is 1. The predicted molar refractivity (Wildman–Crippen MR) is 110 cm³/mol. The van der Waals surface area contributed by atoms with Crippen molar-refractivity contribution in [3.8, 4) is 0 Å². The molecule has 0 saturated carbocycles. The molecule has 3 rings (SSSR count). The number of aliphatic hydroxyl groups excluding tert-OH is 1. The van der Waals surface area contributed by atoms with Gasteiger partial charge in [-0.15, -0.1) is 0 Å². The average molecular weight is 364 g/mol. The summed E-state index contributed by atoms with van der Waals surface area (Å²) < 4.78 is 0. The lowest BCUT2D eigenvalue weighted by atomic mass is 9.80. The standard InChI is InChI=1S/C23H28N2O2/c1-3-23(2,14-18-15-24-21-12-8-7-11-20(18)21)22(27)25-19(16-26)13-17-9-5-4-6-10-17/h4-12,15,19,24,26H,3,13-14,16H2,1-2H3,(H,25,27). The molecule has 1 aromatic heterocycles. The Hall–Kier alpha value is -2.59. The SMILES string of the molecule is CCC(C)(Cc1c[nH]c2ccccc12)C(=O)NC(CO)Cc1ccccc1. The van der Waals surface area contributed by atoms with E-state index in [4.69, 9.17) is 0 Å². The van der Waals surface area contributed by atoms with E-state index < -0.39 is 5.41 Å². The van der Waals surface area contributed by atoms with E-state index in [2.05, 4.69) is 16.4 Å². The molecule has 2 atom stereocenters. The van der Waals surface area contributed by atoms with Crippen molar-refractivity contribution >= 4 is 16.8 Å². The van der Waals surface area contributed by atoms with Gasteiger partial charge in [-0.25, -0.2) is 0 Å². The van der Waals surface area contributed by atoms with Gasteiger partial charge < -0.3 is 15.4 Å². The van der Waals surface area contributed by atoms with Gasteiger partial charge in [0.25, 0.3) is 0 Å². The number of para-hydroxylation sites is 1. The van der Waals surface area contributed by atoms with Crippen LogP contribution in [0.15, 0.2) is 60.8 Å². The van der Waals surface area contributed by atoms with Gasteiger partial charge in [-0.1, -0.05) is 62.4 Å². The third-order valence-corrected chi connectivity index (χ3v) is 5.46. The van der Waals surface area contributed by atoms with Crippen LogP contribution in [0.5, 0.6) is 0 Å². The molecule has 1 heterocycles. The van der Waals surface area contributed by atoms with Crippen LogP contribution in [0.3, 0.4) is 0 Å². The molecule has 0 saturated heterocycles. The first-order valence-corrected chi connectivity index (χ1v) is 9.56. The van der Waals surface area contributed by atoms with Gasteiger partial charge in [-0.2, -0.15) is 0 Å². The lowest BCUT2D eigenvalue weighted by Crippen LogP contribution is -2.47. The summed E-state index contributed by atoms with van der Waals surface area (Å²) in [6, 6.07) is 17.8. The van der Waals surface area contributed by atoms with Gasteiger partial charge in [0.2, 0.25) is 5.91 Å². The molecule has 0 aliphatic heterocycles. The van der Waals surface area contributed by atoms with E-state index >= 15 is 0 Å².